The average Bonchev–Trinajstić information content (AvgIpc) is 2.16. The monoisotopic (exact) mass is 222 g/mol. The molecule has 0 heterocycles. The Morgan fingerprint density at radius 3 is 2.93 bits per heavy atom. The van der Waals surface area contributed by atoms with Gasteiger partial charge in [-0.1, -0.05) is 23.7 Å². The van der Waals surface area contributed by atoms with E-state index in [1.165, 1.54) is 6.92 Å². The standard InChI is InChI=1S/C11H11ClN2O/c1-8(15)14-11(5-6-13)9-3-2-4-10(12)7-9/h2-4,7,11H,5H2,1H3,(H,14,15). The summed E-state index contributed by atoms with van der Waals surface area (Å²) in [6.45, 7) is 1.43. The molecule has 1 aromatic rings. The molecule has 1 aromatic carbocycles. The maximum Gasteiger partial charge on any atom is 0.217 e. The maximum atomic E-state index is 10.9. The van der Waals surface area contributed by atoms with Gasteiger partial charge < -0.3 is 5.32 Å². The fourth-order valence-corrected chi connectivity index (χ4v) is 1.51. The van der Waals surface area contributed by atoms with Crippen LogP contribution in [-0.2, 0) is 4.79 Å². The number of carbonyl (C=O) groups excluding carboxylic acids is 1. The lowest BCUT2D eigenvalue weighted by Crippen LogP contribution is -2.25. The van der Waals surface area contributed by atoms with Gasteiger partial charge in [-0.3, -0.25) is 4.79 Å². The highest BCUT2D eigenvalue weighted by atomic mass is 35.5. The molecule has 1 atom stereocenters. The topological polar surface area (TPSA) is 52.9 Å². The van der Waals surface area contributed by atoms with E-state index >= 15 is 0 Å². The van der Waals surface area contributed by atoms with E-state index in [1.54, 1.807) is 18.2 Å². The Morgan fingerprint density at radius 2 is 2.40 bits per heavy atom. The van der Waals surface area contributed by atoms with Gasteiger partial charge in [-0.2, -0.15) is 5.26 Å². The molecule has 1 rings (SSSR count). The Hall–Kier alpha value is -1.53. The lowest BCUT2D eigenvalue weighted by molar-refractivity contribution is -0.119. The summed E-state index contributed by atoms with van der Waals surface area (Å²) in [6, 6.07) is 8.88. The van der Waals surface area contributed by atoms with Crippen molar-refractivity contribution in [3.63, 3.8) is 0 Å². The summed E-state index contributed by atoms with van der Waals surface area (Å²) >= 11 is 5.83. The maximum absolute atomic E-state index is 10.9. The van der Waals surface area contributed by atoms with Crippen LogP contribution in [0, 0.1) is 11.3 Å². The first-order valence-corrected chi connectivity index (χ1v) is 4.91. The second-order valence-corrected chi connectivity index (χ2v) is 3.61. The number of rotatable bonds is 3. The molecule has 4 heteroatoms. The summed E-state index contributed by atoms with van der Waals surface area (Å²) in [5.41, 5.74) is 0.847. The number of nitrogens with zero attached hydrogens (tertiary/aromatic N) is 1. The second kappa shape index (κ2) is 5.38. The Labute approximate surface area is 93.7 Å². The Balaban J connectivity index is 2.89. The molecule has 1 N–H and O–H groups in total. The third-order valence-corrected chi connectivity index (χ3v) is 2.16. The van der Waals surface area contributed by atoms with Crippen molar-refractivity contribution in [1.29, 1.82) is 5.26 Å². The van der Waals surface area contributed by atoms with Crippen molar-refractivity contribution >= 4 is 17.5 Å². The minimum absolute atomic E-state index is 0.157. The van der Waals surface area contributed by atoms with Crippen molar-refractivity contribution in [2.75, 3.05) is 0 Å². The van der Waals surface area contributed by atoms with Crippen LogP contribution in [0.5, 0.6) is 0 Å². The molecule has 0 spiro atoms. The van der Waals surface area contributed by atoms with E-state index in [1.807, 2.05) is 12.1 Å². The van der Waals surface area contributed by atoms with E-state index in [-0.39, 0.29) is 18.4 Å². The lowest BCUT2D eigenvalue weighted by atomic mass is 10.0. The zero-order chi connectivity index (χ0) is 11.3. The zero-order valence-electron chi connectivity index (χ0n) is 8.33. The number of amides is 1. The van der Waals surface area contributed by atoms with Crippen LogP contribution >= 0.6 is 11.6 Å². The van der Waals surface area contributed by atoms with Crippen LogP contribution in [0.4, 0.5) is 0 Å². The predicted molar refractivity (Wildman–Crippen MR) is 58.2 cm³/mol. The second-order valence-electron chi connectivity index (χ2n) is 3.17. The number of benzene rings is 1. The molecule has 78 valence electrons. The minimum Gasteiger partial charge on any atom is -0.348 e. The van der Waals surface area contributed by atoms with Crippen molar-refractivity contribution in [2.24, 2.45) is 0 Å². The molecule has 0 aliphatic rings. The van der Waals surface area contributed by atoms with E-state index in [0.29, 0.717) is 5.02 Å². The molecule has 0 aliphatic heterocycles. The number of carbonyl (C=O) groups is 1. The van der Waals surface area contributed by atoms with Gasteiger partial charge in [0.05, 0.1) is 18.5 Å². The number of nitrogens with one attached hydrogen (secondary N) is 1. The Morgan fingerprint density at radius 1 is 1.67 bits per heavy atom. The third-order valence-electron chi connectivity index (χ3n) is 1.92. The van der Waals surface area contributed by atoms with Gasteiger partial charge in [0.2, 0.25) is 5.91 Å². The van der Waals surface area contributed by atoms with Gasteiger partial charge in [-0.25, -0.2) is 0 Å². The summed E-state index contributed by atoms with van der Waals surface area (Å²) in [7, 11) is 0. The van der Waals surface area contributed by atoms with E-state index in [4.69, 9.17) is 16.9 Å². The van der Waals surface area contributed by atoms with Gasteiger partial charge in [0.1, 0.15) is 0 Å². The van der Waals surface area contributed by atoms with Crippen LogP contribution in [0.25, 0.3) is 0 Å². The molecule has 0 aromatic heterocycles. The van der Waals surface area contributed by atoms with Crippen molar-refractivity contribution in [3.05, 3.63) is 34.9 Å². The van der Waals surface area contributed by atoms with Crippen LogP contribution < -0.4 is 5.32 Å². The molecule has 0 bridgehead atoms. The fraction of sp³-hybridized carbons (Fsp3) is 0.273. The molecule has 3 nitrogen and oxygen atoms in total. The van der Waals surface area contributed by atoms with Crippen molar-refractivity contribution in [1.82, 2.24) is 5.32 Å². The van der Waals surface area contributed by atoms with E-state index in [9.17, 15) is 4.79 Å². The van der Waals surface area contributed by atoms with Crippen LogP contribution in [0.2, 0.25) is 5.02 Å². The largest absolute Gasteiger partial charge is 0.348 e. The van der Waals surface area contributed by atoms with Gasteiger partial charge in [0.15, 0.2) is 0 Å². The summed E-state index contributed by atoms with van der Waals surface area (Å²) in [5, 5.41) is 11.9. The summed E-state index contributed by atoms with van der Waals surface area (Å²) in [4.78, 5) is 10.9. The zero-order valence-corrected chi connectivity index (χ0v) is 9.08. The summed E-state index contributed by atoms with van der Waals surface area (Å²) in [6.07, 6.45) is 0.236. The first-order chi connectivity index (χ1) is 7.13. The van der Waals surface area contributed by atoms with Gasteiger partial charge >= 0.3 is 0 Å². The lowest BCUT2D eigenvalue weighted by Gasteiger charge is -2.15. The van der Waals surface area contributed by atoms with Gasteiger partial charge in [-0.15, -0.1) is 0 Å². The molecular formula is C11H11ClN2O. The van der Waals surface area contributed by atoms with Crippen LogP contribution in [0.3, 0.4) is 0 Å². The summed E-state index contributed by atoms with van der Waals surface area (Å²) < 4.78 is 0. The third kappa shape index (κ3) is 3.61. The molecular weight excluding hydrogens is 212 g/mol. The quantitative estimate of drug-likeness (QED) is 0.854. The number of hydrogen-bond acceptors (Lipinski definition) is 2. The smallest absolute Gasteiger partial charge is 0.217 e. The van der Waals surface area contributed by atoms with E-state index in [0.717, 1.165) is 5.56 Å². The van der Waals surface area contributed by atoms with E-state index < -0.39 is 0 Å². The van der Waals surface area contributed by atoms with Gasteiger partial charge in [0, 0.05) is 11.9 Å². The van der Waals surface area contributed by atoms with Crippen LogP contribution in [-0.4, -0.2) is 5.91 Å². The highest BCUT2D eigenvalue weighted by molar-refractivity contribution is 6.30. The van der Waals surface area contributed by atoms with Crippen LogP contribution in [0.1, 0.15) is 24.9 Å². The van der Waals surface area contributed by atoms with Crippen molar-refractivity contribution in [3.8, 4) is 6.07 Å². The fourth-order valence-electron chi connectivity index (χ4n) is 1.31. The van der Waals surface area contributed by atoms with Gasteiger partial charge in [-0.05, 0) is 17.7 Å². The minimum atomic E-state index is -0.286. The van der Waals surface area contributed by atoms with E-state index in [2.05, 4.69) is 5.32 Å². The first-order valence-electron chi connectivity index (χ1n) is 4.53. The van der Waals surface area contributed by atoms with Gasteiger partial charge in [0.25, 0.3) is 0 Å². The normalized spacial score (nSPS) is 11.5. The molecule has 0 radical (unpaired) electrons. The molecule has 0 saturated carbocycles. The van der Waals surface area contributed by atoms with Crippen molar-refractivity contribution < 1.29 is 4.79 Å². The summed E-state index contributed by atoms with van der Waals surface area (Å²) in [5.74, 6) is -0.157. The number of halogens is 1. The molecule has 0 saturated heterocycles. The highest BCUT2D eigenvalue weighted by Gasteiger charge is 2.12. The highest BCUT2D eigenvalue weighted by Crippen LogP contribution is 2.19. The first kappa shape index (κ1) is 11.5. The molecule has 0 fully saturated rings. The van der Waals surface area contributed by atoms with Crippen LogP contribution in [0.15, 0.2) is 24.3 Å². The SMILES string of the molecule is CC(=O)NC(CC#N)c1cccc(Cl)c1. The molecule has 0 aliphatic carbocycles. The Kier molecular flexibility index (Phi) is 4.14. The van der Waals surface area contributed by atoms with Crippen molar-refractivity contribution in [2.45, 2.75) is 19.4 Å². The molecule has 15 heavy (non-hydrogen) atoms. The number of nitriles is 1. The average molecular weight is 223 g/mol. The number of hydrogen-bond donors (Lipinski definition) is 1. The molecule has 1 unspecified atom stereocenters. The Bertz CT molecular complexity index is 398. The predicted octanol–water partition coefficient (Wildman–Crippen LogP) is 2.43. The molecule has 1 amide bonds.